The number of pyridine rings is 1. The van der Waals surface area contributed by atoms with Gasteiger partial charge in [-0.25, -0.2) is 4.98 Å². The fourth-order valence-corrected chi connectivity index (χ4v) is 4.00. The molecule has 0 aliphatic rings. The van der Waals surface area contributed by atoms with Crippen molar-refractivity contribution < 1.29 is 14.4 Å². The lowest BCUT2D eigenvalue weighted by molar-refractivity contribution is -0.120. The summed E-state index contributed by atoms with van der Waals surface area (Å²) in [6, 6.07) is 8.00. The van der Waals surface area contributed by atoms with Gasteiger partial charge in [-0.2, -0.15) is 0 Å². The van der Waals surface area contributed by atoms with Crippen LogP contribution in [0.1, 0.15) is 35.5 Å². The molecule has 0 atom stereocenters. The quantitative estimate of drug-likeness (QED) is 0.440. The predicted molar refractivity (Wildman–Crippen MR) is 133 cm³/mol. The number of halogens is 2. The van der Waals surface area contributed by atoms with Crippen LogP contribution in [0.15, 0.2) is 48.1 Å². The molecule has 0 radical (unpaired) electrons. The summed E-state index contributed by atoms with van der Waals surface area (Å²) in [5.41, 5.74) is 1.82. The molecule has 3 aromatic rings. The van der Waals surface area contributed by atoms with Gasteiger partial charge in [-0.05, 0) is 49.7 Å². The van der Waals surface area contributed by atoms with Crippen LogP contribution in [0.2, 0.25) is 10.0 Å². The lowest BCUT2D eigenvalue weighted by atomic mass is 10.1. The Morgan fingerprint density at radius 1 is 1.06 bits per heavy atom. The molecule has 34 heavy (non-hydrogen) atoms. The van der Waals surface area contributed by atoms with Crippen molar-refractivity contribution in [2.24, 2.45) is 0 Å². The summed E-state index contributed by atoms with van der Waals surface area (Å²) in [5, 5.41) is 8.19. The van der Waals surface area contributed by atoms with E-state index in [1.54, 1.807) is 29.9 Å². The van der Waals surface area contributed by atoms with Crippen molar-refractivity contribution in [1.82, 2.24) is 20.2 Å². The molecule has 1 aromatic carbocycles. The molecule has 2 aromatic heterocycles. The maximum absolute atomic E-state index is 12.9. The third-order valence-electron chi connectivity index (χ3n) is 4.74. The van der Waals surface area contributed by atoms with E-state index in [0.29, 0.717) is 28.0 Å². The molecule has 0 saturated carbocycles. The zero-order chi connectivity index (χ0) is 24.7. The number of aromatic nitrogens is 2. The topological polar surface area (TPSA) is 104 Å². The molecule has 11 heteroatoms. The monoisotopic (exact) mass is 519 g/mol. The van der Waals surface area contributed by atoms with Gasteiger partial charge in [-0.1, -0.05) is 23.2 Å². The first-order chi connectivity index (χ1) is 16.2. The van der Waals surface area contributed by atoms with Crippen LogP contribution in [0.4, 0.5) is 5.13 Å². The third-order valence-corrected chi connectivity index (χ3v) is 6.29. The van der Waals surface area contributed by atoms with E-state index in [-0.39, 0.29) is 35.8 Å². The molecule has 0 aliphatic heterocycles. The summed E-state index contributed by atoms with van der Waals surface area (Å²) in [7, 11) is 0. The molecule has 0 aliphatic carbocycles. The van der Waals surface area contributed by atoms with Crippen LogP contribution in [0.3, 0.4) is 0 Å². The highest BCUT2D eigenvalue weighted by Crippen LogP contribution is 2.24. The molecule has 2 N–H and O–H groups in total. The van der Waals surface area contributed by atoms with Gasteiger partial charge in [0.15, 0.2) is 5.13 Å². The number of carbonyl (C=O) groups excluding carboxylic acids is 3. The lowest BCUT2D eigenvalue weighted by Gasteiger charge is -2.26. The number of anilines is 1. The highest BCUT2D eigenvalue weighted by molar-refractivity contribution is 7.13. The normalized spacial score (nSPS) is 10.7. The van der Waals surface area contributed by atoms with E-state index < -0.39 is 5.91 Å². The zero-order valence-electron chi connectivity index (χ0n) is 18.5. The van der Waals surface area contributed by atoms with Gasteiger partial charge < -0.3 is 15.5 Å². The maximum Gasteiger partial charge on any atom is 0.254 e. The number of amides is 3. The van der Waals surface area contributed by atoms with Crippen LogP contribution in [-0.2, 0) is 22.6 Å². The Balaban J connectivity index is 1.54. The molecule has 0 saturated heterocycles. The Kier molecular flexibility index (Phi) is 8.98. The minimum absolute atomic E-state index is 0.0887. The average Bonchev–Trinajstić information content (AvgIpc) is 3.24. The van der Waals surface area contributed by atoms with Crippen LogP contribution in [0.5, 0.6) is 0 Å². The van der Waals surface area contributed by atoms with E-state index in [4.69, 9.17) is 23.2 Å². The first-order valence-corrected chi connectivity index (χ1v) is 12.0. The Morgan fingerprint density at radius 2 is 1.79 bits per heavy atom. The van der Waals surface area contributed by atoms with E-state index in [0.717, 1.165) is 5.56 Å². The van der Waals surface area contributed by atoms with Gasteiger partial charge in [0.1, 0.15) is 6.54 Å². The minimum atomic E-state index is -0.398. The number of rotatable bonds is 9. The van der Waals surface area contributed by atoms with E-state index in [2.05, 4.69) is 20.6 Å². The number of nitrogens with one attached hydrogen (secondary N) is 2. The summed E-state index contributed by atoms with van der Waals surface area (Å²) in [6.07, 6.45) is 3.41. The number of thiazole rings is 1. The first-order valence-electron chi connectivity index (χ1n) is 10.4. The fourth-order valence-electron chi connectivity index (χ4n) is 2.97. The second-order valence-corrected chi connectivity index (χ2v) is 9.33. The first kappa shape index (κ1) is 25.6. The smallest absolute Gasteiger partial charge is 0.254 e. The highest BCUT2D eigenvalue weighted by atomic mass is 35.5. The number of carbonyl (C=O) groups is 3. The second kappa shape index (κ2) is 11.9. The van der Waals surface area contributed by atoms with Gasteiger partial charge in [-0.15, -0.1) is 11.3 Å². The van der Waals surface area contributed by atoms with Crippen LogP contribution in [0, 0.1) is 0 Å². The maximum atomic E-state index is 12.9. The van der Waals surface area contributed by atoms with Gasteiger partial charge >= 0.3 is 0 Å². The molecule has 0 fully saturated rings. The standard InChI is InChI=1S/C23H23Cl2N5O3S/c1-14(2)30(22(33)16-3-4-18(24)19(25)9-16)12-21(32)29-23-28-17(13-34-23)10-20(31)27-11-15-5-7-26-8-6-15/h3-9,13-14H,10-12H2,1-2H3,(H,27,31)(H,28,29,32). The molecule has 0 spiro atoms. The average molecular weight is 520 g/mol. The van der Waals surface area contributed by atoms with E-state index >= 15 is 0 Å². The molecular weight excluding hydrogens is 497 g/mol. The van der Waals surface area contributed by atoms with E-state index in [1.165, 1.54) is 22.3 Å². The van der Waals surface area contributed by atoms with Crippen molar-refractivity contribution in [3.63, 3.8) is 0 Å². The fraction of sp³-hybridized carbons (Fsp3) is 0.261. The molecular formula is C23H23Cl2N5O3S. The number of nitrogens with zero attached hydrogens (tertiary/aromatic N) is 3. The highest BCUT2D eigenvalue weighted by Gasteiger charge is 2.23. The van der Waals surface area contributed by atoms with Gasteiger partial charge in [0.2, 0.25) is 11.8 Å². The number of hydrogen-bond acceptors (Lipinski definition) is 6. The van der Waals surface area contributed by atoms with Gasteiger partial charge in [0.25, 0.3) is 5.91 Å². The number of hydrogen-bond donors (Lipinski definition) is 2. The van der Waals surface area contributed by atoms with Crippen molar-refractivity contribution in [2.75, 3.05) is 11.9 Å². The van der Waals surface area contributed by atoms with Crippen molar-refractivity contribution in [3.8, 4) is 0 Å². The van der Waals surface area contributed by atoms with Gasteiger partial charge in [-0.3, -0.25) is 19.4 Å². The van der Waals surface area contributed by atoms with Crippen molar-refractivity contribution in [2.45, 2.75) is 32.9 Å². The summed E-state index contributed by atoms with van der Waals surface area (Å²) in [4.78, 5) is 47.4. The molecule has 0 bridgehead atoms. The molecule has 3 amide bonds. The molecule has 0 unspecified atom stereocenters. The Labute approximate surface area is 211 Å². The Hall–Kier alpha value is -3.01. The molecule has 8 nitrogen and oxygen atoms in total. The summed E-state index contributed by atoms with van der Waals surface area (Å²) in [6.45, 7) is 3.86. The largest absolute Gasteiger partial charge is 0.352 e. The Bertz CT molecular complexity index is 1170. The second-order valence-electron chi connectivity index (χ2n) is 7.66. The van der Waals surface area contributed by atoms with E-state index in [9.17, 15) is 14.4 Å². The van der Waals surface area contributed by atoms with Crippen LogP contribution in [0.25, 0.3) is 0 Å². The third kappa shape index (κ3) is 7.24. The lowest BCUT2D eigenvalue weighted by Crippen LogP contribution is -2.42. The molecule has 178 valence electrons. The van der Waals surface area contributed by atoms with Gasteiger partial charge in [0, 0.05) is 35.9 Å². The predicted octanol–water partition coefficient (Wildman–Crippen LogP) is 4.19. The van der Waals surface area contributed by atoms with Crippen molar-refractivity contribution >= 4 is 57.4 Å². The van der Waals surface area contributed by atoms with E-state index in [1.807, 2.05) is 26.0 Å². The van der Waals surface area contributed by atoms with Crippen molar-refractivity contribution in [3.05, 3.63) is 75.0 Å². The van der Waals surface area contributed by atoms with Crippen LogP contribution < -0.4 is 10.6 Å². The summed E-state index contributed by atoms with van der Waals surface area (Å²) >= 11 is 13.2. The molecule has 3 rings (SSSR count). The van der Waals surface area contributed by atoms with Gasteiger partial charge in [0.05, 0.1) is 22.2 Å². The molecule has 2 heterocycles. The number of benzene rings is 1. The van der Waals surface area contributed by atoms with Crippen molar-refractivity contribution in [1.29, 1.82) is 0 Å². The summed E-state index contributed by atoms with van der Waals surface area (Å²) in [5.74, 6) is -0.919. The van der Waals surface area contributed by atoms with Crippen LogP contribution >= 0.6 is 34.5 Å². The zero-order valence-corrected chi connectivity index (χ0v) is 20.9. The Morgan fingerprint density at radius 3 is 2.47 bits per heavy atom. The summed E-state index contributed by atoms with van der Waals surface area (Å²) < 4.78 is 0. The SMILES string of the molecule is CC(C)N(CC(=O)Nc1nc(CC(=O)NCc2ccncc2)cs1)C(=O)c1ccc(Cl)c(Cl)c1. The minimum Gasteiger partial charge on any atom is -0.352 e. The van der Waals surface area contributed by atoms with Crippen LogP contribution in [-0.4, -0.2) is 45.2 Å².